The van der Waals surface area contributed by atoms with Crippen LogP contribution < -0.4 is 0 Å². The molecule has 0 N–H and O–H groups in total. The molecular weight excluding hydrogens is 204 g/mol. The first-order valence-corrected chi connectivity index (χ1v) is 3.98. The van der Waals surface area contributed by atoms with Crippen molar-refractivity contribution < 1.29 is 4.79 Å². The molecule has 0 unspecified atom stereocenters. The van der Waals surface area contributed by atoms with Crippen molar-refractivity contribution in [3.8, 4) is 0 Å². The van der Waals surface area contributed by atoms with Crippen molar-refractivity contribution in [1.82, 2.24) is 0 Å². The summed E-state index contributed by atoms with van der Waals surface area (Å²) in [6.07, 6.45) is 0. The van der Waals surface area contributed by atoms with Crippen LogP contribution in [-0.4, -0.2) is 10.5 Å². The molecule has 0 aliphatic heterocycles. The Kier molecular flexibility index (Phi) is 2.58. The van der Waals surface area contributed by atoms with Crippen LogP contribution in [0, 0.1) is 0 Å². The lowest BCUT2D eigenvalue weighted by molar-refractivity contribution is -0.00460. The van der Waals surface area contributed by atoms with Gasteiger partial charge in [-0.05, 0) is 24.3 Å². The van der Waals surface area contributed by atoms with Crippen LogP contribution in [0.15, 0.2) is 28.7 Å². The standard InChI is InChI=1S/C8H7BrN2/c1-6(11-10)7-2-4-8(9)5-3-7/h2-5H,1H3. The topological polar surface area (TPSA) is 36.4 Å². The molecule has 0 radical (unpaired) electrons. The summed E-state index contributed by atoms with van der Waals surface area (Å²) < 4.78 is 1.02. The molecule has 1 aromatic carbocycles. The largest absolute Gasteiger partial charge is 0.361 e. The van der Waals surface area contributed by atoms with Gasteiger partial charge in [0.15, 0.2) is 0 Å². The third-order valence-corrected chi connectivity index (χ3v) is 1.94. The number of benzene rings is 1. The third kappa shape index (κ3) is 2.00. The van der Waals surface area contributed by atoms with Gasteiger partial charge in [-0.1, -0.05) is 15.9 Å². The Balaban J connectivity index is 3.08. The molecule has 0 aliphatic rings. The number of halogens is 1. The van der Waals surface area contributed by atoms with Crippen molar-refractivity contribution in [2.75, 3.05) is 0 Å². The maximum absolute atomic E-state index is 8.43. The summed E-state index contributed by atoms with van der Waals surface area (Å²) in [6.45, 7) is 1.75. The highest BCUT2D eigenvalue weighted by Crippen LogP contribution is 2.10. The first kappa shape index (κ1) is 8.18. The molecule has 0 heterocycles. The van der Waals surface area contributed by atoms with E-state index in [1.54, 1.807) is 6.92 Å². The molecule has 0 saturated carbocycles. The van der Waals surface area contributed by atoms with Crippen LogP contribution in [0.1, 0.15) is 12.5 Å². The second-order valence-electron chi connectivity index (χ2n) is 2.19. The van der Waals surface area contributed by atoms with Gasteiger partial charge in [0.2, 0.25) is 0 Å². The van der Waals surface area contributed by atoms with Gasteiger partial charge in [0, 0.05) is 11.4 Å². The minimum Gasteiger partial charge on any atom is -0.361 e. The fourth-order valence-electron chi connectivity index (χ4n) is 0.749. The SMILES string of the molecule is CC(=[N+]=[N-])c1ccc(Br)cc1. The second kappa shape index (κ2) is 3.46. The van der Waals surface area contributed by atoms with Gasteiger partial charge in [-0.2, -0.15) is 4.79 Å². The van der Waals surface area contributed by atoms with Gasteiger partial charge in [-0.3, -0.25) is 0 Å². The summed E-state index contributed by atoms with van der Waals surface area (Å²) >= 11 is 3.31. The minimum atomic E-state index is 0.623. The Morgan fingerprint density at radius 2 is 1.91 bits per heavy atom. The van der Waals surface area contributed by atoms with E-state index in [0.717, 1.165) is 10.0 Å². The average Bonchev–Trinajstić information content (AvgIpc) is 2.05. The predicted molar refractivity (Wildman–Crippen MR) is 47.5 cm³/mol. The first-order chi connectivity index (χ1) is 5.24. The van der Waals surface area contributed by atoms with Crippen LogP contribution in [-0.2, 0) is 0 Å². The molecule has 0 bridgehead atoms. The first-order valence-electron chi connectivity index (χ1n) is 3.18. The van der Waals surface area contributed by atoms with Crippen molar-refractivity contribution >= 4 is 21.6 Å². The van der Waals surface area contributed by atoms with Crippen LogP contribution in [0.5, 0.6) is 0 Å². The summed E-state index contributed by atoms with van der Waals surface area (Å²) in [4.78, 5) is 3.09. The van der Waals surface area contributed by atoms with Gasteiger partial charge >= 0.3 is 0 Å². The van der Waals surface area contributed by atoms with Gasteiger partial charge < -0.3 is 5.53 Å². The normalized spacial score (nSPS) is 8.91. The number of hydrogen-bond acceptors (Lipinski definition) is 0. The molecule has 2 nitrogen and oxygen atoms in total. The molecule has 0 fully saturated rings. The maximum atomic E-state index is 8.43. The molecule has 1 rings (SSSR count). The Hall–Kier alpha value is -0.920. The molecule has 0 aromatic heterocycles. The van der Waals surface area contributed by atoms with Crippen molar-refractivity contribution in [2.24, 2.45) is 0 Å². The van der Waals surface area contributed by atoms with Gasteiger partial charge in [-0.25, -0.2) is 0 Å². The van der Waals surface area contributed by atoms with E-state index in [4.69, 9.17) is 5.53 Å². The maximum Gasteiger partial charge on any atom is 0.296 e. The van der Waals surface area contributed by atoms with E-state index in [9.17, 15) is 0 Å². The molecular formula is C8H7BrN2. The zero-order valence-electron chi connectivity index (χ0n) is 6.08. The second-order valence-corrected chi connectivity index (χ2v) is 3.11. The molecule has 56 valence electrons. The fraction of sp³-hybridized carbons (Fsp3) is 0.125. The lowest BCUT2D eigenvalue weighted by Gasteiger charge is -1.90. The average molecular weight is 211 g/mol. The van der Waals surface area contributed by atoms with Crippen molar-refractivity contribution in [1.29, 1.82) is 0 Å². The summed E-state index contributed by atoms with van der Waals surface area (Å²) in [5.74, 6) is 0. The molecule has 0 spiro atoms. The summed E-state index contributed by atoms with van der Waals surface area (Å²) in [5, 5.41) is 0. The highest BCUT2D eigenvalue weighted by Gasteiger charge is 2.01. The van der Waals surface area contributed by atoms with E-state index in [0.29, 0.717) is 5.71 Å². The predicted octanol–water partition coefficient (Wildman–Crippen LogP) is 2.49. The fourth-order valence-corrected chi connectivity index (χ4v) is 1.01. The van der Waals surface area contributed by atoms with E-state index in [-0.39, 0.29) is 0 Å². The summed E-state index contributed by atoms with van der Waals surface area (Å²) in [6, 6.07) is 7.59. The Morgan fingerprint density at radius 1 is 1.36 bits per heavy atom. The molecule has 3 heteroatoms. The minimum absolute atomic E-state index is 0.623. The molecule has 0 atom stereocenters. The monoisotopic (exact) mass is 210 g/mol. The highest BCUT2D eigenvalue weighted by molar-refractivity contribution is 9.10. The molecule has 1 aromatic rings. The van der Waals surface area contributed by atoms with Crippen LogP contribution in [0.3, 0.4) is 0 Å². The van der Waals surface area contributed by atoms with Crippen molar-refractivity contribution in [3.05, 3.63) is 39.8 Å². The number of rotatable bonds is 1. The van der Waals surface area contributed by atoms with E-state index >= 15 is 0 Å². The van der Waals surface area contributed by atoms with Crippen LogP contribution in [0.2, 0.25) is 0 Å². The Morgan fingerprint density at radius 3 is 2.36 bits per heavy atom. The zero-order chi connectivity index (χ0) is 8.27. The van der Waals surface area contributed by atoms with Crippen LogP contribution in [0.4, 0.5) is 0 Å². The quantitative estimate of drug-likeness (QED) is 0.388. The van der Waals surface area contributed by atoms with Gasteiger partial charge in [0.25, 0.3) is 5.71 Å². The van der Waals surface area contributed by atoms with Crippen LogP contribution >= 0.6 is 15.9 Å². The van der Waals surface area contributed by atoms with E-state index in [2.05, 4.69) is 20.7 Å². The summed E-state index contributed by atoms with van der Waals surface area (Å²) in [5.41, 5.74) is 9.98. The van der Waals surface area contributed by atoms with Crippen molar-refractivity contribution in [2.45, 2.75) is 6.92 Å². The molecule has 0 aliphatic carbocycles. The van der Waals surface area contributed by atoms with E-state index < -0.39 is 0 Å². The zero-order valence-corrected chi connectivity index (χ0v) is 7.67. The molecule has 11 heavy (non-hydrogen) atoms. The Labute approximate surface area is 73.6 Å². The molecule has 0 saturated heterocycles. The van der Waals surface area contributed by atoms with Gasteiger partial charge in [-0.15, -0.1) is 0 Å². The van der Waals surface area contributed by atoms with E-state index in [1.807, 2.05) is 24.3 Å². The van der Waals surface area contributed by atoms with Gasteiger partial charge in [0.1, 0.15) is 0 Å². The van der Waals surface area contributed by atoms with Gasteiger partial charge in [0.05, 0.1) is 5.56 Å². The summed E-state index contributed by atoms with van der Waals surface area (Å²) in [7, 11) is 0. The smallest absolute Gasteiger partial charge is 0.296 e. The number of nitrogens with zero attached hydrogens (tertiary/aromatic N) is 2. The van der Waals surface area contributed by atoms with Crippen molar-refractivity contribution in [3.63, 3.8) is 0 Å². The third-order valence-electron chi connectivity index (χ3n) is 1.41. The van der Waals surface area contributed by atoms with Crippen LogP contribution in [0.25, 0.3) is 5.53 Å². The lowest BCUT2D eigenvalue weighted by atomic mass is 10.1. The Bertz CT molecular complexity index is 296. The highest BCUT2D eigenvalue weighted by atomic mass is 79.9. The number of hydrogen-bond donors (Lipinski definition) is 0. The van der Waals surface area contributed by atoms with E-state index in [1.165, 1.54) is 0 Å². The lowest BCUT2D eigenvalue weighted by Crippen LogP contribution is -1.93. The molecule has 0 amide bonds.